The first-order chi connectivity index (χ1) is 11.0. The average Bonchev–Trinajstić information content (AvgIpc) is 2.51. The summed E-state index contributed by atoms with van der Waals surface area (Å²) in [4.78, 5) is 24.0. The molecule has 1 aromatic carbocycles. The number of halogens is 1. The van der Waals surface area contributed by atoms with E-state index in [0.717, 1.165) is 0 Å². The van der Waals surface area contributed by atoms with Crippen molar-refractivity contribution in [2.24, 2.45) is 5.92 Å². The maximum atomic E-state index is 14.0. The van der Waals surface area contributed by atoms with Crippen LogP contribution in [-0.2, 0) is 14.3 Å². The van der Waals surface area contributed by atoms with Crippen molar-refractivity contribution >= 4 is 12.0 Å². The maximum Gasteiger partial charge on any atom is 0.319 e. The van der Waals surface area contributed by atoms with E-state index in [4.69, 9.17) is 9.47 Å². The van der Waals surface area contributed by atoms with Gasteiger partial charge in [-0.3, -0.25) is 4.79 Å². The van der Waals surface area contributed by atoms with Gasteiger partial charge in [0.05, 0.1) is 12.6 Å². The highest BCUT2D eigenvalue weighted by molar-refractivity contribution is 5.85. The highest BCUT2D eigenvalue weighted by atomic mass is 19.1. The van der Waals surface area contributed by atoms with Gasteiger partial charge in [0.15, 0.2) is 0 Å². The normalized spacial score (nSPS) is 20.6. The lowest BCUT2D eigenvalue weighted by Gasteiger charge is -2.33. The first-order valence-electron chi connectivity index (χ1n) is 7.29. The van der Waals surface area contributed by atoms with Crippen molar-refractivity contribution in [2.45, 2.75) is 13.0 Å². The average molecular weight is 322 g/mol. The molecule has 2 rings (SSSR count). The standard InChI is InChI=1S/C16H19FN2O4/c1-3-22-8-9-23-15(20)13-10(2)18-16(21)19-14(13)11-6-4-5-7-12(11)17/h4-7,13-14H,2-3,8-9H2,1H3,(H2,18,19,21)/t13-,14+/m0/s1. The van der Waals surface area contributed by atoms with Crippen LogP contribution in [0.5, 0.6) is 0 Å². The molecule has 0 saturated carbocycles. The quantitative estimate of drug-likeness (QED) is 0.619. The minimum absolute atomic E-state index is 0.0778. The number of esters is 1. The SMILES string of the molecule is C=C1NC(=O)N[C@H](c2ccccc2F)[C@H]1C(=O)OCCOCC. The van der Waals surface area contributed by atoms with Crippen molar-refractivity contribution in [1.82, 2.24) is 10.6 Å². The Morgan fingerprint density at radius 2 is 2.09 bits per heavy atom. The Morgan fingerprint density at radius 1 is 1.35 bits per heavy atom. The van der Waals surface area contributed by atoms with Gasteiger partial charge in [0.25, 0.3) is 0 Å². The molecule has 0 radical (unpaired) electrons. The number of benzene rings is 1. The molecule has 1 saturated heterocycles. The van der Waals surface area contributed by atoms with Crippen molar-refractivity contribution < 1.29 is 23.5 Å². The Balaban J connectivity index is 2.19. The third-order valence-corrected chi connectivity index (χ3v) is 3.44. The van der Waals surface area contributed by atoms with Gasteiger partial charge in [0, 0.05) is 17.9 Å². The molecule has 0 spiro atoms. The number of amides is 2. The Labute approximate surface area is 133 Å². The van der Waals surface area contributed by atoms with Gasteiger partial charge >= 0.3 is 12.0 Å². The van der Waals surface area contributed by atoms with Gasteiger partial charge in [-0.05, 0) is 13.0 Å². The summed E-state index contributed by atoms with van der Waals surface area (Å²) in [6.45, 7) is 6.39. The van der Waals surface area contributed by atoms with Crippen LogP contribution < -0.4 is 10.6 Å². The van der Waals surface area contributed by atoms with E-state index in [1.54, 1.807) is 6.07 Å². The lowest BCUT2D eigenvalue weighted by molar-refractivity contribution is -0.150. The fourth-order valence-corrected chi connectivity index (χ4v) is 2.38. The summed E-state index contributed by atoms with van der Waals surface area (Å²) in [7, 11) is 0. The van der Waals surface area contributed by atoms with Crippen LogP contribution >= 0.6 is 0 Å². The Morgan fingerprint density at radius 3 is 2.78 bits per heavy atom. The zero-order valence-corrected chi connectivity index (χ0v) is 12.8. The van der Waals surface area contributed by atoms with E-state index in [-0.39, 0.29) is 24.5 Å². The first-order valence-corrected chi connectivity index (χ1v) is 7.29. The van der Waals surface area contributed by atoms with Crippen LogP contribution in [0.25, 0.3) is 0 Å². The largest absolute Gasteiger partial charge is 0.463 e. The fourth-order valence-electron chi connectivity index (χ4n) is 2.38. The van der Waals surface area contributed by atoms with Crippen molar-refractivity contribution in [3.8, 4) is 0 Å². The van der Waals surface area contributed by atoms with E-state index in [1.807, 2.05) is 6.92 Å². The number of rotatable bonds is 6. The molecule has 0 unspecified atom stereocenters. The predicted octanol–water partition coefficient (Wildman–Crippen LogP) is 1.89. The topological polar surface area (TPSA) is 76.7 Å². The molecule has 2 N–H and O–H groups in total. The lowest BCUT2D eigenvalue weighted by Crippen LogP contribution is -2.51. The number of carbonyl (C=O) groups excluding carboxylic acids is 2. The van der Waals surface area contributed by atoms with Gasteiger partial charge in [0.1, 0.15) is 18.3 Å². The molecular weight excluding hydrogens is 303 g/mol. The molecule has 124 valence electrons. The molecule has 1 aromatic rings. The number of nitrogens with one attached hydrogen (secondary N) is 2. The Bertz CT molecular complexity index is 605. The number of hydrogen-bond acceptors (Lipinski definition) is 4. The summed E-state index contributed by atoms with van der Waals surface area (Å²) < 4.78 is 24.3. The smallest absolute Gasteiger partial charge is 0.319 e. The fraction of sp³-hybridized carbons (Fsp3) is 0.375. The van der Waals surface area contributed by atoms with Crippen LogP contribution in [0.4, 0.5) is 9.18 Å². The minimum Gasteiger partial charge on any atom is -0.463 e. The summed E-state index contributed by atoms with van der Waals surface area (Å²) in [6, 6.07) is 4.53. The molecule has 1 heterocycles. The maximum absolute atomic E-state index is 14.0. The molecule has 2 amide bonds. The van der Waals surface area contributed by atoms with Gasteiger partial charge in [-0.2, -0.15) is 0 Å². The summed E-state index contributed by atoms with van der Waals surface area (Å²) in [5, 5.41) is 4.99. The summed E-state index contributed by atoms with van der Waals surface area (Å²) >= 11 is 0. The third-order valence-electron chi connectivity index (χ3n) is 3.44. The third kappa shape index (κ3) is 4.07. The molecule has 1 aliphatic rings. The van der Waals surface area contributed by atoms with Gasteiger partial charge in [-0.1, -0.05) is 24.8 Å². The molecule has 7 heteroatoms. The van der Waals surface area contributed by atoms with Crippen LogP contribution in [0.15, 0.2) is 36.5 Å². The van der Waals surface area contributed by atoms with E-state index in [9.17, 15) is 14.0 Å². The van der Waals surface area contributed by atoms with Crippen LogP contribution in [0.3, 0.4) is 0 Å². The molecule has 0 aliphatic carbocycles. The molecule has 0 bridgehead atoms. The number of ether oxygens (including phenoxy) is 2. The lowest BCUT2D eigenvalue weighted by atomic mass is 9.89. The molecule has 2 atom stereocenters. The Hall–Kier alpha value is -2.41. The van der Waals surface area contributed by atoms with E-state index in [2.05, 4.69) is 17.2 Å². The van der Waals surface area contributed by atoms with E-state index in [0.29, 0.717) is 6.61 Å². The minimum atomic E-state index is -0.925. The number of urea groups is 1. The number of carbonyl (C=O) groups is 2. The van der Waals surface area contributed by atoms with Gasteiger partial charge in [0.2, 0.25) is 0 Å². The number of hydrogen-bond donors (Lipinski definition) is 2. The van der Waals surface area contributed by atoms with Crippen LogP contribution in [0.1, 0.15) is 18.5 Å². The second-order valence-electron chi connectivity index (χ2n) is 4.96. The monoisotopic (exact) mass is 322 g/mol. The van der Waals surface area contributed by atoms with Crippen molar-refractivity contribution in [1.29, 1.82) is 0 Å². The van der Waals surface area contributed by atoms with Crippen LogP contribution in [-0.4, -0.2) is 31.8 Å². The van der Waals surface area contributed by atoms with E-state index in [1.165, 1.54) is 18.2 Å². The van der Waals surface area contributed by atoms with Crippen molar-refractivity contribution in [3.63, 3.8) is 0 Å². The first kappa shape index (κ1) is 17.0. The summed E-state index contributed by atoms with van der Waals surface area (Å²) in [5.74, 6) is -2.04. The van der Waals surface area contributed by atoms with E-state index < -0.39 is 29.8 Å². The molecule has 1 fully saturated rings. The molecule has 1 aliphatic heterocycles. The van der Waals surface area contributed by atoms with Crippen LogP contribution in [0, 0.1) is 11.7 Å². The Kier molecular flexibility index (Phi) is 5.70. The van der Waals surface area contributed by atoms with Gasteiger partial charge in [-0.25, -0.2) is 9.18 Å². The summed E-state index contributed by atoms with van der Waals surface area (Å²) in [6.07, 6.45) is 0. The second-order valence-corrected chi connectivity index (χ2v) is 4.96. The molecule has 0 aromatic heterocycles. The van der Waals surface area contributed by atoms with Gasteiger partial charge < -0.3 is 20.1 Å². The second kappa shape index (κ2) is 7.73. The summed E-state index contributed by atoms with van der Waals surface area (Å²) in [5.41, 5.74) is 0.374. The molecule has 6 nitrogen and oxygen atoms in total. The van der Waals surface area contributed by atoms with Crippen LogP contribution in [0.2, 0.25) is 0 Å². The molecule has 23 heavy (non-hydrogen) atoms. The highest BCUT2D eigenvalue weighted by Gasteiger charge is 2.39. The van der Waals surface area contributed by atoms with Gasteiger partial charge in [-0.15, -0.1) is 0 Å². The molecular formula is C16H19FN2O4. The zero-order valence-electron chi connectivity index (χ0n) is 12.8. The predicted molar refractivity (Wildman–Crippen MR) is 80.9 cm³/mol. The van der Waals surface area contributed by atoms with Crippen molar-refractivity contribution in [2.75, 3.05) is 19.8 Å². The highest BCUT2D eigenvalue weighted by Crippen LogP contribution is 2.31. The zero-order chi connectivity index (χ0) is 16.8. The van der Waals surface area contributed by atoms with E-state index >= 15 is 0 Å². The van der Waals surface area contributed by atoms with Crippen molar-refractivity contribution in [3.05, 3.63) is 47.9 Å².